The van der Waals surface area contributed by atoms with Crippen LogP contribution in [0.15, 0.2) is 48.5 Å². The summed E-state index contributed by atoms with van der Waals surface area (Å²) >= 11 is 7.61. The lowest BCUT2D eigenvalue weighted by Gasteiger charge is -2.12. The van der Waals surface area contributed by atoms with Gasteiger partial charge in [0.2, 0.25) is 0 Å². The zero-order chi connectivity index (χ0) is 15.8. The maximum atomic E-state index is 5.43. The minimum Gasteiger partial charge on any atom is -0.494 e. The fourth-order valence-electron chi connectivity index (χ4n) is 1.97. The van der Waals surface area contributed by atoms with Gasteiger partial charge in [-0.3, -0.25) is 0 Å². The van der Waals surface area contributed by atoms with E-state index in [4.69, 9.17) is 17.0 Å². The first-order chi connectivity index (χ1) is 10.7. The molecular formula is C17H19IN2OS. The predicted molar refractivity (Wildman–Crippen MR) is 105 cm³/mol. The molecule has 2 rings (SSSR count). The Kier molecular flexibility index (Phi) is 6.92. The monoisotopic (exact) mass is 426 g/mol. The van der Waals surface area contributed by atoms with Gasteiger partial charge in [0.25, 0.3) is 0 Å². The van der Waals surface area contributed by atoms with Crippen molar-refractivity contribution in [3.8, 4) is 5.75 Å². The van der Waals surface area contributed by atoms with E-state index in [0.717, 1.165) is 28.0 Å². The molecule has 0 amide bonds. The van der Waals surface area contributed by atoms with Crippen molar-refractivity contribution in [1.82, 2.24) is 5.32 Å². The van der Waals surface area contributed by atoms with E-state index >= 15 is 0 Å². The van der Waals surface area contributed by atoms with Gasteiger partial charge in [-0.25, -0.2) is 0 Å². The standard InChI is InChI=1S/C17H19IN2OS/c1-2-21-14-9-7-13(8-10-14)11-12-19-17(22)20-16-6-4-3-5-15(16)18/h3-10H,2,11-12H2,1H3,(H2,19,20,22). The van der Waals surface area contributed by atoms with Gasteiger partial charge >= 0.3 is 0 Å². The molecule has 0 unspecified atom stereocenters. The van der Waals surface area contributed by atoms with Crippen LogP contribution in [-0.4, -0.2) is 18.3 Å². The molecule has 2 aromatic rings. The maximum absolute atomic E-state index is 5.43. The molecule has 0 saturated heterocycles. The molecule has 116 valence electrons. The number of nitrogens with one attached hydrogen (secondary N) is 2. The van der Waals surface area contributed by atoms with Gasteiger partial charge < -0.3 is 15.4 Å². The summed E-state index contributed by atoms with van der Waals surface area (Å²) < 4.78 is 6.58. The van der Waals surface area contributed by atoms with Crippen LogP contribution in [0.1, 0.15) is 12.5 Å². The number of anilines is 1. The molecule has 0 fully saturated rings. The van der Waals surface area contributed by atoms with E-state index in [1.165, 1.54) is 5.56 Å². The van der Waals surface area contributed by atoms with Crippen LogP contribution in [0.25, 0.3) is 0 Å². The average Bonchev–Trinajstić information content (AvgIpc) is 2.52. The number of halogens is 1. The van der Waals surface area contributed by atoms with Crippen LogP contribution in [0.4, 0.5) is 5.69 Å². The molecule has 0 bridgehead atoms. The van der Waals surface area contributed by atoms with Crippen LogP contribution in [0.5, 0.6) is 5.75 Å². The van der Waals surface area contributed by atoms with E-state index in [9.17, 15) is 0 Å². The summed E-state index contributed by atoms with van der Waals surface area (Å²) in [5.41, 5.74) is 2.29. The summed E-state index contributed by atoms with van der Waals surface area (Å²) in [7, 11) is 0. The van der Waals surface area contributed by atoms with Crippen LogP contribution in [0.3, 0.4) is 0 Å². The van der Waals surface area contributed by atoms with Crippen LogP contribution in [0.2, 0.25) is 0 Å². The second-order valence-corrected chi connectivity index (χ2v) is 6.26. The molecular weight excluding hydrogens is 407 g/mol. The SMILES string of the molecule is CCOc1ccc(CCNC(=S)Nc2ccccc2I)cc1. The van der Waals surface area contributed by atoms with Crippen molar-refractivity contribution in [2.24, 2.45) is 0 Å². The Morgan fingerprint density at radius 3 is 2.55 bits per heavy atom. The molecule has 2 N–H and O–H groups in total. The second-order valence-electron chi connectivity index (χ2n) is 4.69. The maximum Gasteiger partial charge on any atom is 0.170 e. The number of hydrogen-bond donors (Lipinski definition) is 2. The van der Waals surface area contributed by atoms with Crippen molar-refractivity contribution in [2.75, 3.05) is 18.5 Å². The number of ether oxygens (including phenoxy) is 1. The van der Waals surface area contributed by atoms with Crippen molar-refractivity contribution >= 4 is 45.6 Å². The Labute approximate surface area is 150 Å². The lowest BCUT2D eigenvalue weighted by molar-refractivity contribution is 0.340. The predicted octanol–water partition coefficient (Wildman–Crippen LogP) is 4.22. The highest BCUT2D eigenvalue weighted by Gasteiger charge is 2.01. The zero-order valence-electron chi connectivity index (χ0n) is 12.4. The highest BCUT2D eigenvalue weighted by atomic mass is 127. The lowest BCUT2D eigenvalue weighted by Crippen LogP contribution is -2.30. The van der Waals surface area contributed by atoms with Gasteiger partial charge in [-0.2, -0.15) is 0 Å². The van der Waals surface area contributed by atoms with Crippen molar-refractivity contribution in [2.45, 2.75) is 13.3 Å². The quantitative estimate of drug-likeness (QED) is 0.536. The Balaban J connectivity index is 1.76. The molecule has 0 radical (unpaired) electrons. The Bertz CT molecular complexity index is 616. The fourth-order valence-corrected chi connectivity index (χ4v) is 2.70. The number of rotatable bonds is 6. The van der Waals surface area contributed by atoms with Crippen molar-refractivity contribution in [3.05, 3.63) is 57.7 Å². The van der Waals surface area contributed by atoms with Crippen molar-refractivity contribution in [1.29, 1.82) is 0 Å². The van der Waals surface area contributed by atoms with Crippen molar-refractivity contribution in [3.63, 3.8) is 0 Å². The molecule has 0 atom stereocenters. The van der Waals surface area contributed by atoms with Crippen LogP contribution >= 0.6 is 34.8 Å². The molecule has 22 heavy (non-hydrogen) atoms. The zero-order valence-corrected chi connectivity index (χ0v) is 15.4. The summed E-state index contributed by atoms with van der Waals surface area (Å²) in [5.74, 6) is 0.912. The largest absolute Gasteiger partial charge is 0.494 e. The van der Waals surface area contributed by atoms with Gasteiger partial charge in [0, 0.05) is 10.1 Å². The Morgan fingerprint density at radius 2 is 1.86 bits per heavy atom. The van der Waals surface area contributed by atoms with Crippen molar-refractivity contribution < 1.29 is 4.74 Å². The van der Waals surface area contributed by atoms with Gasteiger partial charge in [-0.05, 0) is 78.0 Å². The summed E-state index contributed by atoms with van der Waals surface area (Å²) in [4.78, 5) is 0. The fraction of sp³-hybridized carbons (Fsp3) is 0.235. The minimum atomic E-state index is 0.648. The molecule has 0 spiro atoms. The normalized spacial score (nSPS) is 10.1. The lowest BCUT2D eigenvalue weighted by atomic mass is 10.1. The van der Waals surface area contributed by atoms with E-state index in [2.05, 4.69) is 45.4 Å². The van der Waals surface area contributed by atoms with E-state index in [1.54, 1.807) is 0 Å². The molecule has 5 heteroatoms. The third kappa shape index (κ3) is 5.46. The van der Waals surface area contributed by atoms with Crippen LogP contribution in [0, 0.1) is 3.57 Å². The second kappa shape index (κ2) is 8.95. The van der Waals surface area contributed by atoms with Gasteiger partial charge in [0.05, 0.1) is 12.3 Å². The molecule has 2 aromatic carbocycles. The smallest absolute Gasteiger partial charge is 0.170 e. The molecule has 0 saturated carbocycles. The van der Waals surface area contributed by atoms with E-state index < -0.39 is 0 Å². The first-order valence-corrected chi connectivity index (χ1v) is 8.69. The summed E-state index contributed by atoms with van der Waals surface area (Å²) in [6.07, 6.45) is 0.917. The molecule has 0 aliphatic heterocycles. The number of benzene rings is 2. The first kappa shape index (κ1) is 17.0. The minimum absolute atomic E-state index is 0.648. The molecule has 0 aliphatic rings. The first-order valence-electron chi connectivity index (χ1n) is 7.20. The Hall–Kier alpha value is -1.34. The Morgan fingerprint density at radius 1 is 1.14 bits per heavy atom. The third-order valence-corrected chi connectivity index (χ3v) is 4.24. The van der Waals surface area contributed by atoms with E-state index in [1.807, 2.05) is 43.3 Å². The van der Waals surface area contributed by atoms with Gasteiger partial charge in [-0.1, -0.05) is 24.3 Å². The van der Waals surface area contributed by atoms with E-state index in [-0.39, 0.29) is 0 Å². The highest BCUT2D eigenvalue weighted by Crippen LogP contribution is 2.16. The summed E-state index contributed by atoms with van der Waals surface area (Å²) in [5, 5.41) is 7.10. The molecule has 3 nitrogen and oxygen atoms in total. The number of hydrogen-bond acceptors (Lipinski definition) is 2. The van der Waals surface area contributed by atoms with Crippen LogP contribution in [-0.2, 0) is 6.42 Å². The number of para-hydroxylation sites is 1. The summed E-state index contributed by atoms with van der Waals surface area (Å²) in [6, 6.07) is 16.2. The van der Waals surface area contributed by atoms with E-state index in [0.29, 0.717) is 11.7 Å². The topological polar surface area (TPSA) is 33.3 Å². The average molecular weight is 426 g/mol. The third-order valence-electron chi connectivity index (χ3n) is 3.06. The van der Waals surface area contributed by atoms with Gasteiger partial charge in [-0.15, -0.1) is 0 Å². The molecule has 0 aromatic heterocycles. The molecule has 0 heterocycles. The number of thiocarbonyl (C=S) groups is 1. The van der Waals surface area contributed by atoms with Gasteiger partial charge in [0.15, 0.2) is 5.11 Å². The van der Waals surface area contributed by atoms with Gasteiger partial charge in [0.1, 0.15) is 5.75 Å². The molecule has 0 aliphatic carbocycles. The van der Waals surface area contributed by atoms with Crippen LogP contribution < -0.4 is 15.4 Å². The highest BCUT2D eigenvalue weighted by molar-refractivity contribution is 14.1. The summed E-state index contributed by atoms with van der Waals surface area (Å²) in [6.45, 7) is 3.47.